The molecule has 0 spiro atoms. The molecule has 0 rings (SSSR count). The second kappa shape index (κ2) is 5.58. The van der Waals surface area contributed by atoms with Crippen molar-refractivity contribution >= 4 is 0 Å². The van der Waals surface area contributed by atoms with E-state index in [9.17, 15) is 0 Å². The molecule has 0 fully saturated rings. The maximum absolute atomic E-state index is 5.73. The quantitative estimate of drug-likeness (QED) is 0.618. The first-order valence-corrected chi connectivity index (χ1v) is 5.12. The molecule has 0 saturated heterocycles. The molecule has 74 valence electrons. The van der Waals surface area contributed by atoms with E-state index in [1.807, 2.05) is 0 Å². The van der Waals surface area contributed by atoms with Gasteiger partial charge in [0.15, 0.2) is 0 Å². The van der Waals surface area contributed by atoms with Crippen molar-refractivity contribution in [3.8, 4) is 0 Å². The molecule has 0 N–H and O–H groups in total. The highest BCUT2D eigenvalue weighted by molar-refractivity contribution is 4.72. The first-order chi connectivity index (χ1) is 5.50. The third-order valence-corrected chi connectivity index (χ3v) is 2.59. The summed E-state index contributed by atoms with van der Waals surface area (Å²) in [6.07, 6.45) is 0.426. The van der Waals surface area contributed by atoms with Gasteiger partial charge in [0.05, 0.1) is 6.10 Å². The van der Waals surface area contributed by atoms with Crippen molar-refractivity contribution < 1.29 is 4.74 Å². The molecule has 0 bridgehead atoms. The van der Waals surface area contributed by atoms with Crippen LogP contribution >= 0.6 is 0 Å². The summed E-state index contributed by atoms with van der Waals surface area (Å²) in [4.78, 5) is 0. The van der Waals surface area contributed by atoms with Gasteiger partial charge < -0.3 is 4.74 Å². The van der Waals surface area contributed by atoms with Gasteiger partial charge in [-0.3, -0.25) is 0 Å². The normalized spacial score (nSPS) is 17.0. The average molecular weight is 172 g/mol. The van der Waals surface area contributed by atoms with Gasteiger partial charge in [-0.25, -0.2) is 0 Å². The minimum absolute atomic E-state index is 0.426. The van der Waals surface area contributed by atoms with Crippen LogP contribution in [0.25, 0.3) is 0 Å². The number of hydrogen-bond acceptors (Lipinski definition) is 1. The van der Waals surface area contributed by atoms with Crippen LogP contribution in [0.1, 0.15) is 41.5 Å². The Labute approximate surface area is 77.5 Å². The summed E-state index contributed by atoms with van der Waals surface area (Å²) >= 11 is 0. The Hall–Kier alpha value is -0.0400. The van der Waals surface area contributed by atoms with Crippen LogP contribution in [0.5, 0.6) is 0 Å². The molecule has 0 radical (unpaired) electrons. The van der Waals surface area contributed by atoms with Gasteiger partial charge in [0.2, 0.25) is 0 Å². The zero-order valence-electron chi connectivity index (χ0n) is 9.42. The van der Waals surface area contributed by atoms with E-state index in [0.29, 0.717) is 23.9 Å². The molecule has 0 amide bonds. The highest BCUT2D eigenvalue weighted by Crippen LogP contribution is 2.23. The summed E-state index contributed by atoms with van der Waals surface area (Å²) in [7, 11) is 0. The van der Waals surface area contributed by atoms with E-state index >= 15 is 0 Å². The van der Waals surface area contributed by atoms with Gasteiger partial charge in [-0.15, -0.1) is 0 Å². The van der Waals surface area contributed by atoms with Gasteiger partial charge in [0.25, 0.3) is 0 Å². The standard InChI is InChI=1S/C11H24O/c1-7-12-11(9(4)5)10(6)8(2)3/h8-11H,7H2,1-6H3/t10-,11-/m0/s1. The second-order valence-corrected chi connectivity index (χ2v) is 4.27. The lowest BCUT2D eigenvalue weighted by atomic mass is 9.86. The molecule has 0 aromatic rings. The van der Waals surface area contributed by atoms with Crippen molar-refractivity contribution in [1.29, 1.82) is 0 Å². The monoisotopic (exact) mass is 172 g/mol. The van der Waals surface area contributed by atoms with Gasteiger partial charge in [-0.1, -0.05) is 34.6 Å². The highest BCUT2D eigenvalue weighted by atomic mass is 16.5. The summed E-state index contributed by atoms with van der Waals surface area (Å²) in [5.41, 5.74) is 0. The van der Waals surface area contributed by atoms with Crippen molar-refractivity contribution in [3.63, 3.8) is 0 Å². The Bertz CT molecular complexity index is 108. The summed E-state index contributed by atoms with van der Waals surface area (Å²) in [5.74, 6) is 2.00. The fourth-order valence-corrected chi connectivity index (χ4v) is 1.52. The zero-order chi connectivity index (χ0) is 9.72. The lowest BCUT2D eigenvalue weighted by Crippen LogP contribution is -2.30. The lowest BCUT2D eigenvalue weighted by molar-refractivity contribution is -0.0191. The average Bonchev–Trinajstić information content (AvgIpc) is 1.98. The molecule has 0 aliphatic carbocycles. The predicted octanol–water partition coefficient (Wildman–Crippen LogP) is 3.34. The summed E-state index contributed by atoms with van der Waals surface area (Å²) < 4.78 is 5.73. The number of ether oxygens (including phenoxy) is 1. The van der Waals surface area contributed by atoms with Gasteiger partial charge in [0.1, 0.15) is 0 Å². The Morgan fingerprint density at radius 1 is 0.917 bits per heavy atom. The first-order valence-electron chi connectivity index (χ1n) is 5.12. The van der Waals surface area contributed by atoms with E-state index in [4.69, 9.17) is 4.74 Å². The van der Waals surface area contributed by atoms with Gasteiger partial charge in [-0.05, 0) is 24.7 Å². The van der Waals surface area contributed by atoms with E-state index in [1.54, 1.807) is 0 Å². The van der Waals surface area contributed by atoms with Crippen LogP contribution in [0.2, 0.25) is 0 Å². The molecule has 0 saturated carbocycles. The topological polar surface area (TPSA) is 9.23 Å². The van der Waals surface area contributed by atoms with Gasteiger partial charge in [0, 0.05) is 6.61 Å². The Kier molecular flexibility index (Phi) is 5.56. The summed E-state index contributed by atoms with van der Waals surface area (Å²) in [6, 6.07) is 0. The van der Waals surface area contributed by atoms with Crippen molar-refractivity contribution in [2.45, 2.75) is 47.6 Å². The van der Waals surface area contributed by atoms with E-state index in [2.05, 4.69) is 41.5 Å². The van der Waals surface area contributed by atoms with E-state index in [0.717, 1.165) is 6.61 Å². The fourth-order valence-electron chi connectivity index (χ4n) is 1.52. The summed E-state index contributed by atoms with van der Waals surface area (Å²) in [6.45, 7) is 14.2. The van der Waals surface area contributed by atoms with Crippen LogP contribution < -0.4 is 0 Å². The molecule has 0 aliphatic rings. The van der Waals surface area contributed by atoms with Crippen LogP contribution in [-0.4, -0.2) is 12.7 Å². The molecule has 12 heavy (non-hydrogen) atoms. The Morgan fingerprint density at radius 2 is 1.42 bits per heavy atom. The molecular weight excluding hydrogens is 148 g/mol. The predicted molar refractivity (Wildman–Crippen MR) is 54.3 cm³/mol. The lowest BCUT2D eigenvalue weighted by Gasteiger charge is -2.29. The molecule has 0 unspecified atom stereocenters. The minimum atomic E-state index is 0.426. The molecule has 0 aromatic heterocycles. The first kappa shape index (κ1) is 12.0. The van der Waals surface area contributed by atoms with E-state index in [1.165, 1.54) is 0 Å². The summed E-state index contributed by atoms with van der Waals surface area (Å²) in [5, 5.41) is 0. The molecule has 0 heterocycles. The maximum Gasteiger partial charge on any atom is 0.0625 e. The molecule has 1 nitrogen and oxygen atoms in total. The Morgan fingerprint density at radius 3 is 1.67 bits per heavy atom. The zero-order valence-corrected chi connectivity index (χ0v) is 9.42. The van der Waals surface area contributed by atoms with Gasteiger partial charge >= 0.3 is 0 Å². The van der Waals surface area contributed by atoms with Crippen molar-refractivity contribution in [2.24, 2.45) is 17.8 Å². The van der Waals surface area contributed by atoms with Crippen molar-refractivity contribution in [1.82, 2.24) is 0 Å². The van der Waals surface area contributed by atoms with Crippen LogP contribution in [0.15, 0.2) is 0 Å². The van der Waals surface area contributed by atoms with E-state index < -0.39 is 0 Å². The molecule has 0 aliphatic heterocycles. The third kappa shape index (κ3) is 3.57. The van der Waals surface area contributed by atoms with Gasteiger partial charge in [-0.2, -0.15) is 0 Å². The van der Waals surface area contributed by atoms with E-state index in [-0.39, 0.29) is 0 Å². The number of hydrogen-bond donors (Lipinski definition) is 0. The molecule has 1 heteroatoms. The smallest absolute Gasteiger partial charge is 0.0625 e. The minimum Gasteiger partial charge on any atom is -0.378 e. The Balaban J connectivity index is 4.09. The van der Waals surface area contributed by atoms with Crippen LogP contribution in [0, 0.1) is 17.8 Å². The third-order valence-electron chi connectivity index (χ3n) is 2.59. The number of rotatable bonds is 5. The van der Waals surface area contributed by atoms with Crippen LogP contribution in [0.3, 0.4) is 0 Å². The largest absolute Gasteiger partial charge is 0.378 e. The molecular formula is C11H24O. The second-order valence-electron chi connectivity index (χ2n) is 4.27. The van der Waals surface area contributed by atoms with Crippen molar-refractivity contribution in [2.75, 3.05) is 6.61 Å². The SMILES string of the molecule is CCO[C@@H](C(C)C)[C@@H](C)C(C)C. The van der Waals surface area contributed by atoms with Crippen LogP contribution in [-0.2, 0) is 4.74 Å². The van der Waals surface area contributed by atoms with Crippen LogP contribution in [0.4, 0.5) is 0 Å². The fraction of sp³-hybridized carbons (Fsp3) is 1.00. The van der Waals surface area contributed by atoms with Crippen molar-refractivity contribution in [3.05, 3.63) is 0 Å². The molecule has 2 atom stereocenters. The molecule has 0 aromatic carbocycles. The maximum atomic E-state index is 5.73. The highest BCUT2D eigenvalue weighted by Gasteiger charge is 2.23.